The summed E-state index contributed by atoms with van der Waals surface area (Å²) in [5.41, 5.74) is 1.72. The number of fused-ring (bicyclic) bond motifs is 1. The van der Waals surface area contributed by atoms with E-state index in [0.717, 1.165) is 18.4 Å². The third kappa shape index (κ3) is 4.31. The van der Waals surface area contributed by atoms with E-state index in [1.165, 1.54) is 25.7 Å². The number of hydrogen-bond acceptors (Lipinski definition) is 4. The van der Waals surface area contributed by atoms with Crippen LogP contribution in [0.4, 0.5) is 0 Å². The number of hydrogen-bond donors (Lipinski definition) is 0. The summed E-state index contributed by atoms with van der Waals surface area (Å²) in [6.45, 7) is 2.92. The zero-order chi connectivity index (χ0) is 15.1. The van der Waals surface area contributed by atoms with Crippen LogP contribution in [0.2, 0.25) is 0 Å². The molecule has 21 heavy (non-hydrogen) atoms. The molecule has 0 atom stereocenters. The fourth-order valence-corrected chi connectivity index (χ4v) is 2.37. The van der Waals surface area contributed by atoms with Crippen molar-refractivity contribution in [1.29, 1.82) is 0 Å². The summed E-state index contributed by atoms with van der Waals surface area (Å²) in [6.07, 6.45) is 6.92. The van der Waals surface area contributed by atoms with Gasteiger partial charge in [-0.1, -0.05) is 45.1 Å². The predicted molar refractivity (Wildman–Crippen MR) is 79.2 cm³/mol. The summed E-state index contributed by atoms with van der Waals surface area (Å²) >= 11 is 0. The van der Waals surface area contributed by atoms with E-state index in [-0.39, 0.29) is 11.9 Å². The minimum Gasteiger partial charge on any atom is -0.462 e. The topological polar surface area (TPSA) is 52.6 Å². The van der Waals surface area contributed by atoms with Crippen molar-refractivity contribution in [1.82, 2.24) is 0 Å². The molecular weight excluding hydrogens is 268 g/mol. The molecule has 0 fully saturated rings. The Balaban J connectivity index is 1.74. The van der Waals surface area contributed by atoms with Crippen LogP contribution in [0, 0.1) is 0 Å². The Kier molecular flexibility index (Phi) is 5.78. The minimum atomic E-state index is -0.369. The highest BCUT2D eigenvalue weighted by molar-refractivity contribution is 5.97. The Morgan fingerprint density at radius 3 is 2.76 bits per heavy atom. The van der Waals surface area contributed by atoms with Crippen molar-refractivity contribution in [3.05, 3.63) is 34.9 Å². The molecule has 114 valence electrons. The molecule has 0 radical (unpaired) electrons. The zero-order valence-electron chi connectivity index (χ0n) is 12.5. The van der Waals surface area contributed by atoms with E-state index in [1.54, 1.807) is 18.2 Å². The standard InChI is InChI=1S/C17H22O4/c1-2-3-4-5-6-7-10-20-16(18)13-8-9-14-12-21-17(19)15(14)11-13/h8-9,11H,2-7,10,12H2,1H3. The minimum absolute atomic E-state index is 0.293. The van der Waals surface area contributed by atoms with Gasteiger partial charge in [0.25, 0.3) is 0 Å². The van der Waals surface area contributed by atoms with Crippen molar-refractivity contribution in [3.63, 3.8) is 0 Å². The second-order valence-corrected chi connectivity index (χ2v) is 5.35. The normalized spacial score (nSPS) is 12.9. The molecule has 0 N–H and O–H groups in total. The van der Waals surface area contributed by atoms with Crippen molar-refractivity contribution < 1.29 is 19.1 Å². The van der Waals surface area contributed by atoms with Crippen LogP contribution in [-0.2, 0) is 16.1 Å². The third-order valence-electron chi connectivity index (χ3n) is 3.66. The lowest BCUT2D eigenvalue weighted by Crippen LogP contribution is -2.07. The SMILES string of the molecule is CCCCCCCCOC(=O)c1ccc2c(c1)C(=O)OC2. The van der Waals surface area contributed by atoms with Gasteiger partial charge in [0.15, 0.2) is 0 Å². The van der Waals surface area contributed by atoms with Gasteiger partial charge in [0, 0.05) is 5.56 Å². The van der Waals surface area contributed by atoms with Crippen LogP contribution >= 0.6 is 0 Å². The van der Waals surface area contributed by atoms with Crippen LogP contribution in [-0.4, -0.2) is 18.5 Å². The van der Waals surface area contributed by atoms with Gasteiger partial charge in [-0.05, 0) is 18.6 Å². The Hall–Kier alpha value is -1.84. The van der Waals surface area contributed by atoms with Crippen LogP contribution in [0.3, 0.4) is 0 Å². The van der Waals surface area contributed by atoms with Gasteiger partial charge in [0.05, 0.1) is 17.7 Å². The van der Waals surface area contributed by atoms with Gasteiger partial charge in [0.1, 0.15) is 6.61 Å². The molecule has 0 aromatic heterocycles. The highest BCUT2D eigenvalue weighted by atomic mass is 16.5. The van der Waals surface area contributed by atoms with Gasteiger partial charge in [-0.3, -0.25) is 0 Å². The maximum atomic E-state index is 11.9. The molecule has 0 saturated heterocycles. The smallest absolute Gasteiger partial charge is 0.338 e. The lowest BCUT2D eigenvalue weighted by molar-refractivity contribution is 0.0497. The average molecular weight is 290 g/mol. The van der Waals surface area contributed by atoms with Gasteiger partial charge in [-0.15, -0.1) is 0 Å². The van der Waals surface area contributed by atoms with Gasteiger partial charge in [0.2, 0.25) is 0 Å². The first-order chi connectivity index (χ1) is 10.2. The van der Waals surface area contributed by atoms with Crippen molar-refractivity contribution >= 4 is 11.9 Å². The Labute approximate surface area is 125 Å². The number of carbonyl (C=O) groups excluding carboxylic acids is 2. The van der Waals surface area contributed by atoms with E-state index in [2.05, 4.69) is 6.92 Å². The maximum absolute atomic E-state index is 11.9. The molecule has 0 saturated carbocycles. The lowest BCUT2D eigenvalue weighted by Gasteiger charge is -2.05. The number of ether oxygens (including phenoxy) is 2. The molecule has 4 heteroatoms. The average Bonchev–Trinajstić information content (AvgIpc) is 2.87. The Morgan fingerprint density at radius 2 is 1.95 bits per heavy atom. The summed E-state index contributed by atoms with van der Waals surface area (Å²) in [6, 6.07) is 5.00. The number of rotatable bonds is 8. The van der Waals surface area contributed by atoms with Crippen LogP contribution in [0.25, 0.3) is 0 Å². The Bertz CT molecular complexity index is 508. The summed E-state index contributed by atoms with van der Waals surface area (Å²) in [5.74, 6) is -0.735. The summed E-state index contributed by atoms with van der Waals surface area (Å²) in [4.78, 5) is 23.4. The van der Waals surface area contributed by atoms with Crippen LogP contribution in [0.1, 0.15) is 71.7 Å². The van der Waals surface area contributed by atoms with Gasteiger partial charge in [-0.25, -0.2) is 9.59 Å². The van der Waals surface area contributed by atoms with Crippen LogP contribution in [0.5, 0.6) is 0 Å². The molecule has 0 spiro atoms. The second-order valence-electron chi connectivity index (χ2n) is 5.35. The van der Waals surface area contributed by atoms with E-state index in [0.29, 0.717) is 24.3 Å². The fraction of sp³-hybridized carbons (Fsp3) is 0.529. The third-order valence-corrected chi connectivity index (χ3v) is 3.66. The van der Waals surface area contributed by atoms with E-state index in [4.69, 9.17) is 9.47 Å². The quantitative estimate of drug-likeness (QED) is 0.538. The highest BCUT2D eigenvalue weighted by Crippen LogP contribution is 2.21. The molecule has 0 amide bonds. The summed E-state index contributed by atoms with van der Waals surface area (Å²) < 4.78 is 10.2. The van der Waals surface area contributed by atoms with Crippen molar-refractivity contribution in [2.75, 3.05) is 6.61 Å². The predicted octanol–water partition coefficient (Wildman–Crippen LogP) is 3.87. The number of carbonyl (C=O) groups is 2. The number of esters is 2. The van der Waals surface area contributed by atoms with Crippen LogP contribution < -0.4 is 0 Å². The monoisotopic (exact) mass is 290 g/mol. The molecule has 1 aromatic carbocycles. The van der Waals surface area contributed by atoms with Gasteiger partial charge < -0.3 is 9.47 Å². The molecule has 0 unspecified atom stereocenters. The number of benzene rings is 1. The van der Waals surface area contributed by atoms with Crippen LogP contribution in [0.15, 0.2) is 18.2 Å². The maximum Gasteiger partial charge on any atom is 0.338 e. The molecule has 1 aliphatic heterocycles. The molecule has 2 rings (SSSR count). The second kappa shape index (κ2) is 7.81. The van der Waals surface area contributed by atoms with Gasteiger partial charge in [-0.2, -0.15) is 0 Å². The van der Waals surface area contributed by atoms with E-state index in [9.17, 15) is 9.59 Å². The first-order valence-electron chi connectivity index (χ1n) is 7.69. The zero-order valence-corrected chi connectivity index (χ0v) is 12.5. The molecule has 0 bridgehead atoms. The molecule has 4 nitrogen and oxygen atoms in total. The Morgan fingerprint density at radius 1 is 1.19 bits per heavy atom. The van der Waals surface area contributed by atoms with E-state index in [1.807, 2.05) is 0 Å². The van der Waals surface area contributed by atoms with E-state index < -0.39 is 0 Å². The lowest BCUT2D eigenvalue weighted by atomic mass is 10.1. The number of cyclic esters (lactones) is 1. The first kappa shape index (κ1) is 15.5. The summed E-state index contributed by atoms with van der Waals surface area (Å²) in [7, 11) is 0. The largest absolute Gasteiger partial charge is 0.462 e. The molecule has 1 heterocycles. The molecular formula is C17H22O4. The van der Waals surface area contributed by atoms with E-state index >= 15 is 0 Å². The molecule has 0 aliphatic carbocycles. The molecule has 1 aromatic rings. The van der Waals surface area contributed by atoms with Gasteiger partial charge >= 0.3 is 11.9 Å². The fourth-order valence-electron chi connectivity index (χ4n) is 2.37. The molecule has 1 aliphatic rings. The highest BCUT2D eigenvalue weighted by Gasteiger charge is 2.22. The van der Waals surface area contributed by atoms with Crippen molar-refractivity contribution in [3.8, 4) is 0 Å². The first-order valence-corrected chi connectivity index (χ1v) is 7.69. The summed E-state index contributed by atoms with van der Waals surface area (Å²) in [5, 5.41) is 0. The number of unbranched alkanes of at least 4 members (excludes halogenated alkanes) is 5. The van der Waals surface area contributed by atoms with Crippen molar-refractivity contribution in [2.45, 2.75) is 52.1 Å². The van der Waals surface area contributed by atoms with Crippen molar-refractivity contribution in [2.24, 2.45) is 0 Å².